The van der Waals surface area contributed by atoms with Crippen molar-refractivity contribution in [3.05, 3.63) is 40.3 Å². The molecule has 2 aromatic rings. The molecule has 1 heterocycles. The van der Waals surface area contributed by atoms with Crippen molar-refractivity contribution >= 4 is 15.9 Å². The second kappa shape index (κ2) is 6.81. The lowest BCUT2D eigenvalue weighted by molar-refractivity contribution is 0.416. The van der Waals surface area contributed by atoms with Gasteiger partial charge in [-0.15, -0.1) is 0 Å². The number of hydrogen-bond donors (Lipinski definition) is 1. The molecule has 0 atom stereocenters. The Morgan fingerprint density at radius 1 is 1.25 bits per heavy atom. The summed E-state index contributed by atoms with van der Waals surface area (Å²) >= 11 is 3.49. The molecule has 1 aromatic heterocycles. The van der Waals surface area contributed by atoms with Crippen molar-refractivity contribution < 1.29 is 4.74 Å². The maximum absolute atomic E-state index is 5.42. The van der Waals surface area contributed by atoms with Crippen molar-refractivity contribution in [2.75, 3.05) is 13.7 Å². The molecule has 0 spiro atoms. The van der Waals surface area contributed by atoms with Crippen molar-refractivity contribution in [2.45, 2.75) is 20.4 Å². The van der Waals surface area contributed by atoms with Gasteiger partial charge in [-0.1, -0.05) is 22.9 Å². The number of halogens is 1. The fourth-order valence-corrected chi connectivity index (χ4v) is 2.33. The predicted molar refractivity (Wildman–Crippen MR) is 83.8 cm³/mol. The average molecular weight is 336 g/mol. The largest absolute Gasteiger partial charge is 0.496 e. The van der Waals surface area contributed by atoms with E-state index in [0.717, 1.165) is 39.5 Å². The average Bonchev–Trinajstić information content (AvgIpc) is 2.44. The minimum atomic E-state index is 0.668. The molecule has 2 rings (SSSR count). The van der Waals surface area contributed by atoms with E-state index in [9.17, 15) is 0 Å². The first-order valence-electron chi connectivity index (χ1n) is 6.53. The molecule has 0 aliphatic heterocycles. The number of aromatic nitrogens is 2. The molecule has 1 aromatic carbocycles. The lowest BCUT2D eigenvalue weighted by Crippen LogP contribution is -2.15. The van der Waals surface area contributed by atoms with Crippen LogP contribution < -0.4 is 10.1 Å². The van der Waals surface area contributed by atoms with E-state index in [1.165, 1.54) is 0 Å². The number of rotatable bonds is 5. The van der Waals surface area contributed by atoms with E-state index in [-0.39, 0.29) is 0 Å². The Balaban J connectivity index is 2.46. The van der Waals surface area contributed by atoms with Gasteiger partial charge < -0.3 is 10.1 Å². The second-order valence-electron chi connectivity index (χ2n) is 4.44. The predicted octanol–water partition coefficient (Wildman–Crippen LogP) is 3.33. The zero-order valence-electron chi connectivity index (χ0n) is 11.9. The first-order chi connectivity index (χ1) is 9.63. The summed E-state index contributed by atoms with van der Waals surface area (Å²) < 4.78 is 6.42. The molecule has 0 saturated heterocycles. The topological polar surface area (TPSA) is 47.0 Å². The van der Waals surface area contributed by atoms with Crippen LogP contribution in [-0.4, -0.2) is 23.6 Å². The van der Waals surface area contributed by atoms with Gasteiger partial charge in [0.15, 0.2) is 0 Å². The highest BCUT2D eigenvalue weighted by atomic mass is 79.9. The molecule has 5 heteroatoms. The molecule has 1 N–H and O–H groups in total. The Hall–Kier alpha value is -1.46. The minimum absolute atomic E-state index is 0.668. The van der Waals surface area contributed by atoms with Crippen LogP contribution in [0.1, 0.15) is 18.4 Å². The highest BCUT2D eigenvalue weighted by Gasteiger charge is 2.10. The quantitative estimate of drug-likeness (QED) is 0.910. The summed E-state index contributed by atoms with van der Waals surface area (Å²) in [7, 11) is 1.67. The number of hydrogen-bond acceptors (Lipinski definition) is 4. The fourth-order valence-electron chi connectivity index (χ4n) is 1.96. The third kappa shape index (κ3) is 3.55. The van der Waals surface area contributed by atoms with Crippen LogP contribution in [0.4, 0.5) is 0 Å². The van der Waals surface area contributed by atoms with Crippen LogP contribution in [0, 0.1) is 6.92 Å². The summed E-state index contributed by atoms with van der Waals surface area (Å²) in [6, 6.07) is 7.87. The first-order valence-corrected chi connectivity index (χ1v) is 7.32. The normalized spacial score (nSPS) is 10.6. The van der Waals surface area contributed by atoms with Crippen LogP contribution in [0.5, 0.6) is 5.75 Å². The van der Waals surface area contributed by atoms with Gasteiger partial charge >= 0.3 is 0 Å². The van der Waals surface area contributed by atoms with Gasteiger partial charge in [0.1, 0.15) is 11.6 Å². The molecular formula is C15H18BrN3O. The van der Waals surface area contributed by atoms with Gasteiger partial charge in [0, 0.05) is 15.7 Å². The van der Waals surface area contributed by atoms with Crippen LogP contribution in [0.2, 0.25) is 0 Å². The molecule has 0 fully saturated rings. The van der Waals surface area contributed by atoms with E-state index >= 15 is 0 Å². The third-order valence-electron chi connectivity index (χ3n) is 2.87. The number of aryl methyl sites for hydroxylation is 1. The smallest absolute Gasteiger partial charge is 0.143 e. The zero-order chi connectivity index (χ0) is 14.5. The molecule has 106 valence electrons. The zero-order valence-corrected chi connectivity index (χ0v) is 13.5. The lowest BCUT2D eigenvalue weighted by Gasteiger charge is -2.11. The molecule has 20 heavy (non-hydrogen) atoms. The van der Waals surface area contributed by atoms with Crippen molar-refractivity contribution in [3.63, 3.8) is 0 Å². The molecular weight excluding hydrogens is 318 g/mol. The molecule has 0 aliphatic rings. The van der Waals surface area contributed by atoms with E-state index in [1.807, 2.05) is 31.2 Å². The Bertz CT molecular complexity index is 602. The van der Waals surface area contributed by atoms with E-state index in [1.54, 1.807) is 7.11 Å². The summed E-state index contributed by atoms with van der Waals surface area (Å²) in [5.74, 6) is 1.60. The number of methoxy groups -OCH3 is 1. The van der Waals surface area contributed by atoms with Crippen molar-refractivity contribution in [2.24, 2.45) is 0 Å². The minimum Gasteiger partial charge on any atom is -0.496 e. The Labute approximate surface area is 127 Å². The molecule has 0 amide bonds. The van der Waals surface area contributed by atoms with Crippen LogP contribution >= 0.6 is 15.9 Å². The summed E-state index contributed by atoms with van der Waals surface area (Å²) in [4.78, 5) is 9.07. The van der Waals surface area contributed by atoms with Crippen LogP contribution in [-0.2, 0) is 6.54 Å². The van der Waals surface area contributed by atoms with Crippen molar-refractivity contribution in [1.82, 2.24) is 15.3 Å². The number of benzene rings is 1. The highest BCUT2D eigenvalue weighted by molar-refractivity contribution is 9.10. The van der Waals surface area contributed by atoms with Gasteiger partial charge in [-0.05, 0) is 37.7 Å². The standard InChI is InChI=1S/C15H18BrN3O/c1-4-17-9-15-18-10(2)7-13(19-15)12-8-11(16)5-6-14(12)20-3/h5-8,17H,4,9H2,1-3H3. The van der Waals surface area contributed by atoms with E-state index < -0.39 is 0 Å². The van der Waals surface area contributed by atoms with Crippen molar-refractivity contribution in [3.8, 4) is 17.0 Å². The number of nitrogens with one attached hydrogen (secondary N) is 1. The van der Waals surface area contributed by atoms with Crippen LogP contribution in [0.3, 0.4) is 0 Å². The summed E-state index contributed by atoms with van der Waals surface area (Å²) in [6.45, 7) is 5.60. The van der Waals surface area contributed by atoms with Gasteiger partial charge in [-0.2, -0.15) is 0 Å². The van der Waals surface area contributed by atoms with E-state index in [4.69, 9.17) is 4.74 Å². The van der Waals surface area contributed by atoms with Gasteiger partial charge in [-0.25, -0.2) is 9.97 Å². The van der Waals surface area contributed by atoms with Crippen LogP contribution in [0.15, 0.2) is 28.7 Å². The molecule has 4 nitrogen and oxygen atoms in total. The maximum atomic E-state index is 5.42. The first kappa shape index (κ1) is 14.9. The van der Waals surface area contributed by atoms with Gasteiger partial charge in [0.05, 0.1) is 19.3 Å². The molecule has 0 aliphatic carbocycles. The SMILES string of the molecule is CCNCc1nc(C)cc(-c2cc(Br)ccc2OC)n1. The summed E-state index contributed by atoms with van der Waals surface area (Å²) in [5, 5.41) is 3.24. The van der Waals surface area contributed by atoms with Crippen molar-refractivity contribution in [1.29, 1.82) is 0 Å². The highest BCUT2D eigenvalue weighted by Crippen LogP contribution is 2.31. The molecule has 0 unspecified atom stereocenters. The lowest BCUT2D eigenvalue weighted by atomic mass is 10.1. The third-order valence-corrected chi connectivity index (χ3v) is 3.36. The summed E-state index contributed by atoms with van der Waals surface area (Å²) in [5.41, 5.74) is 2.79. The van der Waals surface area contributed by atoms with Gasteiger partial charge in [-0.3, -0.25) is 0 Å². The number of ether oxygens (including phenoxy) is 1. The molecule has 0 saturated carbocycles. The summed E-state index contributed by atoms with van der Waals surface area (Å²) in [6.07, 6.45) is 0. The second-order valence-corrected chi connectivity index (χ2v) is 5.35. The maximum Gasteiger partial charge on any atom is 0.143 e. The Morgan fingerprint density at radius 3 is 2.75 bits per heavy atom. The fraction of sp³-hybridized carbons (Fsp3) is 0.333. The molecule has 0 radical (unpaired) electrons. The van der Waals surface area contributed by atoms with E-state index in [2.05, 4.69) is 38.1 Å². The van der Waals surface area contributed by atoms with Crippen LogP contribution in [0.25, 0.3) is 11.3 Å². The van der Waals surface area contributed by atoms with E-state index in [0.29, 0.717) is 6.54 Å². The van der Waals surface area contributed by atoms with Gasteiger partial charge in [0.2, 0.25) is 0 Å². The Kier molecular flexibility index (Phi) is 5.09. The monoisotopic (exact) mass is 335 g/mol. The van der Waals surface area contributed by atoms with Gasteiger partial charge in [0.25, 0.3) is 0 Å². The Morgan fingerprint density at radius 2 is 2.05 bits per heavy atom. The number of nitrogens with zero attached hydrogens (tertiary/aromatic N) is 2. The molecule has 0 bridgehead atoms.